The second kappa shape index (κ2) is 8.34. The van der Waals surface area contributed by atoms with E-state index in [1.54, 1.807) is 12.1 Å². The van der Waals surface area contributed by atoms with Crippen LogP contribution in [-0.4, -0.2) is 31.1 Å². The Kier molecular flexibility index (Phi) is 5.33. The maximum Gasteiger partial charge on any atom is 0.322 e. The molecule has 0 aliphatic carbocycles. The van der Waals surface area contributed by atoms with Gasteiger partial charge in [0.05, 0.1) is 16.1 Å². The molecule has 0 fully saturated rings. The normalized spacial score (nSPS) is 13.1. The first-order valence-corrected chi connectivity index (χ1v) is 11.6. The van der Waals surface area contributed by atoms with Crippen LogP contribution in [0, 0.1) is 11.6 Å². The minimum absolute atomic E-state index is 0.0487. The fraction of sp³-hybridized carbons (Fsp3) is 0.0870. The van der Waals surface area contributed by atoms with E-state index in [0.29, 0.717) is 24.7 Å². The van der Waals surface area contributed by atoms with E-state index in [1.807, 2.05) is 12.1 Å². The lowest BCUT2D eigenvalue weighted by atomic mass is 10.2. The van der Waals surface area contributed by atoms with Crippen LogP contribution in [0.25, 0.3) is 11.5 Å². The Hall–Kier alpha value is -4.12. The van der Waals surface area contributed by atoms with Crippen molar-refractivity contribution in [3.8, 4) is 11.5 Å². The molecule has 1 aromatic heterocycles. The number of fused-ring (bicyclic) bond motifs is 1. The van der Waals surface area contributed by atoms with Gasteiger partial charge in [0.15, 0.2) is 0 Å². The van der Waals surface area contributed by atoms with Gasteiger partial charge in [0.2, 0.25) is 0 Å². The first-order valence-electron chi connectivity index (χ1n) is 10.1. The summed E-state index contributed by atoms with van der Waals surface area (Å²) < 4.78 is 59.8. The van der Waals surface area contributed by atoms with Crippen LogP contribution in [0.2, 0.25) is 0 Å². The van der Waals surface area contributed by atoms with Crippen molar-refractivity contribution in [2.45, 2.75) is 11.3 Å². The van der Waals surface area contributed by atoms with E-state index in [-0.39, 0.29) is 27.9 Å². The summed E-state index contributed by atoms with van der Waals surface area (Å²) in [6.07, 6.45) is 0.629. The summed E-state index contributed by atoms with van der Waals surface area (Å²) in [5.74, 6) is -2.52. The molecule has 0 radical (unpaired) electrons. The molecule has 1 aliphatic rings. The van der Waals surface area contributed by atoms with Gasteiger partial charge in [-0.25, -0.2) is 17.2 Å². The number of hydrogen-bond acceptors (Lipinski definition) is 6. The second-order valence-corrected chi connectivity index (χ2v) is 9.33. The van der Waals surface area contributed by atoms with Crippen molar-refractivity contribution < 1.29 is 26.4 Å². The summed E-state index contributed by atoms with van der Waals surface area (Å²) >= 11 is 0. The third kappa shape index (κ3) is 3.90. The number of rotatable bonds is 5. The van der Waals surface area contributed by atoms with Crippen LogP contribution in [0.1, 0.15) is 15.9 Å². The van der Waals surface area contributed by atoms with Gasteiger partial charge in [0.25, 0.3) is 21.8 Å². The molecule has 1 N–H and O–H groups in total. The summed E-state index contributed by atoms with van der Waals surface area (Å²) in [5.41, 5.74) is 1.64. The van der Waals surface area contributed by atoms with Crippen LogP contribution in [0.3, 0.4) is 0 Å². The molecule has 0 unspecified atom stereocenters. The Morgan fingerprint density at radius 1 is 1.00 bits per heavy atom. The molecular formula is C23H16F2N4O4S. The predicted molar refractivity (Wildman–Crippen MR) is 119 cm³/mol. The number of sulfonamides is 1. The van der Waals surface area contributed by atoms with Crippen LogP contribution in [-0.2, 0) is 16.4 Å². The molecule has 34 heavy (non-hydrogen) atoms. The zero-order valence-corrected chi connectivity index (χ0v) is 18.2. The van der Waals surface area contributed by atoms with E-state index in [9.17, 15) is 22.0 Å². The Labute approximate surface area is 192 Å². The molecule has 1 amide bonds. The maximum atomic E-state index is 13.9. The number of halogens is 2. The standard InChI is InChI=1S/C23H16F2N4O4S/c24-16-7-10-18(19(25)13-16)22-27-28-23(33-22)26-21(30)15-5-8-17(9-6-15)34(31,32)29-12-11-14-3-1-2-4-20(14)29/h1-10,13H,11-12H2,(H,26,28,30). The highest BCUT2D eigenvalue weighted by Gasteiger charge is 2.30. The molecule has 2 heterocycles. The van der Waals surface area contributed by atoms with Crippen molar-refractivity contribution in [1.82, 2.24) is 10.2 Å². The molecule has 0 saturated carbocycles. The van der Waals surface area contributed by atoms with E-state index in [0.717, 1.165) is 17.7 Å². The highest BCUT2D eigenvalue weighted by atomic mass is 32.2. The molecule has 1 aliphatic heterocycles. The van der Waals surface area contributed by atoms with Crippen LogP contribution in [0.4, 0.5) is 20.5 Å². The number of para-hydroxylation sites is 1. The van der Waals surface area contributed by atoms with Gasteiger partial charge in [0, 0.05) is 18.2 Å². The number of aromatic nitrogens is 2. The monoisotopic (exact) mass is 482 g/mol. The maximum absolute atomic E-state index is 13.9. The van der Waals surface area contributed by atoms with Crippen LogP contribution < -0.4 is 9.62 Å². The molecule has 0 bridgehead atoms. The number of nitrogens with one attached hydrogen (secondary N) is 1. The lowest BCUT2D eigenvalue weighted by molar-refractivity contribution is 0.102. The Morgan fingerprint density at radius 3 is 2.53 bits per heavy atom. The van der Waals surface area contributed by atoms with E-state index < -0.39 is 27.6 Å². The fourth-order valence-corrected chi connectivity index (χ4v) is 5.18. The molecule has 8 nitrogen and oxygen atoms in total. The Bertz CT molecular complexity index is 1500. The summed E-state index contributed by atoms with van der Waals surface area (Å²) in [7, 11) is -3.79. The molecule has 0 atom stereocenters. The molecule has 4 aromatic rings. The fourth-order valence-electron chi connectivity index (χ4n) is 3.68. The highest BCUT2D eigenvalue weighted by molar-refractivity contribution is 7.92. The van der Waals surface area contributed by atoms with Gasteiger partial charge in [0.1, 0.15) is 11.6 Å². The molecule has 0 spiro atoms. The minimum atomic E-state index is -3.79. The Balaban J connectivity index is 1.32. The molecule has 0 saturated heterocycles. The van der Waals surface area contributed by atoms with E-state index in [4.69, 9.17) is 4.42 Å². The molecule has 3 aromatic carbocycles. The van der Waals surface area contributed by atoms with Crippen molar-refractivity contribution >= 4 is 27.6 Å². The SMILES string of the molecule is O=C(Nc1nnc(-c2ccc(F)cc2F)o1)c1ccc(S(=O)(=O)N2CCc3ccccc32)cc1. The third-order valence-electron chi connectivity index (χ3n) is 5.36. The topological polar surface area (TPSA) is 105 Å². The zero-order valence-electron chi connectivity index (χ0n) is 17.4. The van der Waals surface area contributed by atoms with E-state index in [2.05, 4.69) is 15.5 Å². The van der Waals surface area contributed by atoms with Gasteiger partial charge in [-0.15, -0.1) is 5.10 Å². The summed E-state index contributed by atoms with van der Waals surface area (Å²) in [6.45, 7) is 0.345. The van der Waals surface area contributed by atoms with Gasteiger partial charge >= 0.3 is 6.01 Å². The summed E-state index contributed by atoms with van der Waals surface area (Å²) in [4.78, 5) is 12.6. The average Bonchev–Trinajstić information content (AvgIpc) is 3.46. The van der Waals surface area contributed by atoms with Gasteiger partial charge in [-0.2, -0.15) is 0 Å². The van der Waals surface area contributed by atoms with Crippen molar-refractivity contribution in [2.75, 3.05) is 16.2 Å². The summed E-state index contributed by atoms with van der Waals surface area (Å²) in [5, 5.41) is 9.66. The highest BCUT2D eigenvalue weighted by Crippen LogP contribution is 2.32. The molecule has 172 valence electrons. The smallest absolute Gasteiger partial charge is 0.322 e. The minimum Gasteiger partial charge on any atom is -0.403 e. The number of carbonyl (C=O) groups is 1. The molecule has 5 rings (SSSR count). The zero-order chi connectivity index (χ0) is 23.9. The number of anilines is 2. The van der Waals surface area contributed by atoms with E-state index in [1.165, 1.54) is 28.6 Å². The number of carbonyl (C=O) groups excluding carboxylic acids is 1. The predicted octanol–water partition coefficient (Wildman–Crippen LogP) is 4.02. The van der Waals surface area contributed by atoms with Crippen molar-refractivity contribution in [1.29, 1.82) is 0 Å². The van der Waals surface area contributed by atoms with Crippen molar-refractivity contribution in [3.63, 3.8) is 0 Å². The first-order chi connectivity index (χ1) is 16.3. The summed E-state index contributed by atoms with van der Waals surface area (Å²) in [6, 6.07) is 15.3. The van der Waals surface area contributed by atoms with Gasteiger partial charge in [-0.05, 0) is 54.4 Å². The van der Waals surface area contributed by atoms with Crippen molar-refractivity contribution in [3.05, 3.63) is 89.5 Å². The van der Waals surface area contributed by atoms with Crippen LogP contribution in [0.15, 0.2) is 76.0 Å². The number of amides is 1. The van der Waals surface area contributed by atoms with Crippen molar-refractivity contribution in [2.24, 2.45) is 0 Å². The lowest BCUT2D eigenvalue weighted by Crippen LogP contribution is -2.29. The quantitative estimate of drug-likeness (QED) is 0.461. The van der Waals surface area contributed by atoms with E-state index >= 15 is 0 Å². The number of nitrogens with zero attached hydrogens (tertiary/aromatic N) is 3. The van der Waals surface area contributed by atoms with Gasteiger partial charge < -0.3 is 4.42 Å². The van der Waals surface area contributed by atoms with Gasteiger partial charge in [-0.3, -0.25) is 14.4 Å². The van der Waals surface area contributed by atoms with Gasteiger partial charge in [-0.1, -0.05) is 23.3 Å². The second-order valence-electron chi connectivity index (χ2n) is 7.47. The Morgan fingerprint density at radius 2 is 1.76 bits per heavy atom. The molecular weight excluding hydrogens is 466 g/mol. The number of benzene rings is 3. The molecule has 11 heteroatoms. The largest absolute Gasteiger partial charge is 0.403 e. The van der Waals surface area contributed by atoms with Crippen LogP contribution >= 0.6 is 0 Å². The lowest BCUT2D eigenvalue weighted by Gasteiger charge is -2.19. The third-order valence-corrected chi connectivity index (χ3v) is 7.18. The first kappa shape index (κ1) is 21.7. The van der Waals surface area contributed by atoms with Crippen LogP contribution in [0.5, 0.6) is 0 Å². The number of hydrogen-bond donors (Lipinski definition) is 1. The average molecular weight is 482 g/mol.